The zero-order chi connectivity index (χ0) is 16.2. The van der Waals surface area contributed by atoms with Crippen LogP contribution >= 0.6 is 0 Å². The fourth-order valence-corrected chi connectivity index (χ4v) is 2.26. The van der Waals surface area contributed by atoms with Gasteiger partial charge in [-0.15, -0.1) is 0 Å². The Kier molecular flexibility index (Phi) is 4.05. The molecule has 0 saturated heterocycles. The number of amides is 1. The smallest absolute Gasteiger partial charge is 0.260 e. The number of hydrogen-bond donors (Lipinski definition) is 1. The van der Waals surface area contributed by atoms with E-state index >= 15 is 0 Å². The maximum atomic E-state index is 12.4. The molecule has 6 heteroatoms. The van der Waals surface area contributed by atoms with E-state index in [-0.39, 0.29) is 5.91 Å². The van der Waals surface area contributed by atoms with E-state index in [1.807, 2.05) is 24.3 Å². The number of para-hydroxylation sites is 1. The molecule has 1 amide bonds. The topological polar surface area (TPSA) is 69.0 Å². The normalized spacial score (nSPS) is 10.3. The van der Waals surface area contributed by atoms with E-state index in [1.54, 1.807) is 42.3 Å². The van der Waals surface area contributed by atoms with Gasteiger partial charge < -0.3 is 10.1 Å². The lowest BCUT2D eigenvalue weighted by Gasteiger charge is -2.08. The third-order valence-corrected chi connectivity index (χ3v) is 3.45. The first-order valence-corrected chi connectivity index (χ1v) is 7.08. The summed E-state index contributed by atoms with van der Waals surface area (Å²) in [5.74, 6) is 0.890. The number of nitrogens with one attached hydrogen (secondary N) is 1. The predicted molar refractivity (Wildman–Crippen MR) is 87.4 cm³/mol. The van der Waals surface area contributed by atoms with Gasteiger partial charge in [0.2, 0.25) is 0 Å². The summed E-state index contributed by atoms with van der Waals surface area (Å²) in [7, 11) is 3.32. The number of methoxy groups -OCH3 is 1. The molecule has 116 valence electrons. The number of carbonyl (C=O) groups excluding carboxylic acids is 1. The van der Waals surface area contributed by atoms with E-state index in [4.69, 9.17) is 4.74 Å². The Labute approximate surface area is 133 Å². The summed E-state index contributed by atoms with van der Waals surface area (Å²) in [4.78, 5) is 16.4. The molecule has 0 aliphatic rings. The second kappa shape index (κ2) is 6.31. The largest absolute Gasteiger partial charge is 0.496 e. The summed E-state index contributed by atoms with van der Waals surface area (Å²) in [6.45, 7) is 0. The Morgan fingerprint density at radius 1 is 1.17 bits per heavy atom. The second-order valence-corrected chi connectivity index (χ2v) is 4.93. The van der Waals surface area contributed by atoms with Crippen LogP contribution in [0.3, 0.4) is 0 Å². The molecule has 6 nitrogen and oxygen atoms in total. The van der Waals surface area contributed by atoms with Crippen LogP contribution < -0.4 is 10.1 Å². The van der Waals surface area contributed by atoms with Gasteiger partial charge >= 0.3 is 0 Å². The number of aromatic nitrogens is 3. The lowest BCUT2D eigenvalue weighted by atomic mass is 10.2. The number of carbonyl (C=O) groups is 1. The van der Waals surface area contributed by atoms with Crippen molar-refractivity contribution >= 4 is 11.7 Å². The highest BCUT2D eigenvalue weighted by atomic mass is 16.5. The number of anilines is 1. The first kappa shape index (κ1) is 14.8. The van der Waals surface area contributed by atoms with Crippen LogP contribution in [0.2, 0.25) is 0 Å². The highest BCUT2D eigenvalue weighted by Gasteiger charge is 2.14. The third-order valence-electron chi connectivity index (χ3n) is 3.45. The van der Waals surface area contributed by atoms with Gasteiger partial charge in [-0.1, -0.05) is 12.1 Å². The van der Waals surface area contributed by atoms with Gasteiger partial charge in [-0.25, -0.2) is 0 Å². The van der Waals surface area contributed by atoms with Gasteiger partial charge in [-0.2, -0.15) is 5.10 Å². The molecule has 0 aliphatic carbocycles. The molecule has 1 aromatic carbocycles. The number of rotatable bonds is 4. The molecule has 0 radical (unpaired) electrons. The fraction of sp³-hybridized carbons (Fsp3) is 0.118. The van der Waals surface area contributed by atoms with E-state index in [0.717, 1.165) is 11.3 Å². The van der Waals surface area contributed by atoms with Gasteiger partial charge in [0.15, 0.2) is 0 Å². The Morgan fingerprint density at radius 3 is 2.65 bits per heavy atom. The Balaban J connectivity index is 1.86. The highest BCUT2D eigenvalue weighted by molar-refractivity contribution is 6.06. The summed E-state index contributed by atoms with van der Waals surface area (Å²) in [5, 5.41) is 7.27. The van der Waals surface area contributed by atoms with Gasteiger partial charge in [-0.3, -0.25) is 14.5 Å². The second-order valence-electron chi connectivity index (χ2n) is 4.93. The van der Waals surface area contributed by atoms with Crippen LogP contribution in [0, 0.1) is 0 Å². The molecule has 3 rings (SSSR count). The Bertz CT molecular complexity index is 828. The molecule has 0 fully saturated rings. The lowest BCUT2D eigenvalue weighted by Crippen LogP contribution is -2.15. The zero-order valence-corrected chi connectivity index (χ0v) is 12.9. The number of aryl methyl sites for hydroxylation is 1. The quantitative estimate of drug-likeness (QED) is 0.804. The van der Waals surface area contributed by atoms with Gasteiger partial charge in [0.1, 0.15) is 11.6 Å². The van der Waals surface area contributed by atoms with Crippen LogP contribution in [0.1, 0.15) is 10.4 Å². The van der Waals surface area contributed by atoms with E-state index in [0.29, 0.717) is 17.1 Å². The maximum Gasteiger partial charge on any atom is 0.260 e. The molecule has 2 heterocycles. The molecule has 0 atom stereocenters. The summed E-state index contributed by atoms with van der Waals surface area (Å²) in [5.41, 5.74) is 2.18. The summed E-state index contributed by atoms with van der Waals surface area (Å²) < 4.78 is 6.85. The minimum absolute atomic E-state index is 0.244. The van der Waals surface area contributed by atoms with Crippen molar-refractivity contribution in [2.45, 2.75) is 0 Å². The molecule has 0 unspecified atom stereocenters. The van der Waals surface area contributed by atoms with Crippen molar-refractivity contribution in [3.63, 3.8) is 0 Å². The van der Waals surface area contributed by atoms with Crippen molar-refractivity contribution in [2.24, 2.45) is 7.05 Å². The monoisotopic (exact) mass is 308 g/mol. The summed E-state index contributed by atoms with van der Waals surface area (Å²) in [6.07, 6.45) is 3.41. The third kappa shape index (κ3) is 3.06. The van der Waals surface area contributed by atoms with E-state index < -0.39 is 0 Å². The van der Waals surface area contributed by atoms with Gasteiger partial charge in [0.05, 0.1) is 18.4 Å². The average molecular weight is 308 g/mol. The highest BCUT2D eigenvalue weighted by Crippen LogP contribution is 2.23. The standard InChI is InChI=1S/C17H16N4O2/c1-21-16(11-14(20-21)12-7-9-18-10-8-12)19-17(22)13-5-3-4-6-15(13)23-2/h3-11H,1-2H3,(H,19,22). The van der Waals surface area contributed by atoms with Crippen LogP contribution in [0.5, 0.6) is 5.75 Å². The molecular formula is C17H16N4O2. The number of benzene rings is 1. The van der Waals surface area contributed by atoms with Crippen molar-refractivity contribution in [3.05, 3.63) is 60.4 Å². The summed E-state index contributed by atoms with van der Waals surface area (Å²) >= 11 is 0. The van der Waals surface area contributed by atoms with Crippen molar-refractivity contribution < 1.29 is 9.53 Å². The first-order chi connectivity index (χ1) is 11.2. The molecule has 2 aromatic heterocycles. The van der Waals surface area contributed by atoms with Crippen LogP contribution in [0.15, 0.2) is 54.9 Å². The predicted octanol–water partition coefficient (Wildman–Crippen LogP) is 2.74. The number of pyridine rings is 1. The van der Waals surface area contributed by atoms with Crippen LogP contribution in [-0.2, 0) is 7.05 Å². The minimum atomic E-state index is -0.244. The molecule has 0 saturated carbocycles. The van der Waals surface area contributed by atoms with E-state index in [2.05, 4.69) is 15.4 Å². The van der Waals surface area contributed by atoms with Crippen LogP contribution in [-0.4, -0.2) is 27.8 Å². The molecular weight excluding hydrogens is 292 g/mol. The Hall–Kier alpha value is -3.15. The van der Waals surface area contributed by atoms with Crippen molar-refractivity contribution in [1.82, 2.24) is 14.8 Å². The molecule has 1 N–H and O–H groups in total. The lowest BCUT2D eigenvalue weighted by molar-refractivity contribution is 0.102. The van der Waals surface area contributed by atoms with Crippen LogP contribution in [0.25, 0.3) is 11.3 Å². The molecule has 0 aliphatic heterocycles. The van der Waals surface area contributed by atoms with Gasteiger partial charge in [0, 0.05) is 31.1 Å². The van der Waals surface area contributed by atoms with Gasteiger partial charge in [-0.05, 0) is 24.3 Å². The zero-order valence-electron chi connectivity index (χ0n) is 12.9. The molecule has 23 heavy (non-hydrogen) atoms. The molecule has 0 spiro atoms. The number of ether oxygens (including phenoxy) is 1. The molecule has 0 bridgehead atoms. The molecule has 3 aromatic rings. The van der Waals surface area contributed by atoms with Crippen molar-refractivity contribution in [3.8, 4) is 17.0 Å². The first-order valence-electron chi connectivity index (χ1n) is 7.08. The van der Waals surface area contributed by atoms with Crippen molar-refractivity contribution in [2.75, 3.05) is 12.4 Å². The average Bonchev–Trinajstić information content (AvgIpc) is 2.96. The van der Waals surface area contributed by atoms with Gasteiger partial charge in [0.25, 0.3) is 5.91 Å². The fourth-order valence-electron chi connectivity index (χ4n) is 2.26. The SMILES string of the molecule is COc1ccccc1C(=O)Nc1cc(-c2ccncc2)nn1C. The van der Waals surface area contributed by atoms with Crippen LogP contribution in [0.4, 0.5) is 5.82 Å². The minimum Gasteiger partial charge on any atom is -0.496 e. The number of nitrogens with zero attached hydrogens (tertiary/aromatic N) is 3. The number of hydrogen-bond acceptors (Lipinski definition) is 4. The van der Waals surface area contributed by atoms with Crippen molar-refractivity contribution in [1.29, 1.82) is 0 Å². The summed E-state index contributed by atoms with van der Waals surface area (Å²) in [6, 6.07) is 12.6. The maximum absolute atomic E-state index is 12.4. The van der Waals surface area contributed by atoms with E-state index in [9.17, 15) is 4.79 Å². The van der Waals surface area contributed by atoms with E-state index in [1.165, 1.54) is 7.11 Å². The Morgan fingerprint density at radius 2 is 1.91 bits per heavy atom.